The number of sulfonamides is 1. The van der Waals surface area contributed by atoms with E-state index in [4.69, 9.17) is 0 Å². The number of aromatic nitrogens is 1. The molecule has 0 spiro atoms. The van der Waals surface area contributed by atoms with E-state index >= 15 is 0 Å². The van der Waals surface area contributed by atoms with Gasteiger partial charge < -0.3 is 5.32 Å². The third kappa shape index (κ3) is 2.55. The lowest BCUT2D eigenvalue weighted by Gasteiger charge is -2.26. The molecule has 23 heavy (non-hydrogen) atoms. The third-order valence-electron chi connectivity index (χ3n) is 5.06. The fraction of sp³-hybridized carbons (Fsp3) is 0.471. The summed E-state index contributed by atoms with van der Waals surface area (Å²) in [5.74, 6) is 0. The van der Waals surface area contributed by atoms with Crippen LogP contribution in [0.4, 0.5) is 0 Å². The number of nitrogens with zero attached hydrogens (tertiary/aromatic N) is 2. The Hall–Kier alpha value is -1.50. The van der Waals surface area contributed by atoms with Crippen molar-refractivity contribution >= 4 is 20.8 Å². The minimum Gasteiger partial charge on any atom is -0.312 e. The fourth-order valence-corrected chi connectivity index (χ4v) is 5.84. The molecular formula is C17H21N3O2S. The van der Waals surface area contributed by atoms with E-state index in [0.29, 0.717) is 17.5 Å². The summed E-state index contributed by atoms with van der Waals surface area (Å²) in [4.78, 5) is 4.50. The number of nitrogens with one attached hydrogen (secondary N) is 1. The maximum absolute atomic E-state index is 13.3. The first-order valence-corrected chi connectivity index (χ1v) is 9.70. The van der Waals surface area contributed by atoms with Crippen LogP contribution >= 0.6 is 0 Å². The van der Waals surface area contributed by atoms with Gasteiger partial charge in [-0.1, -0.05) is 18.6 Å². The summed E-state index contributed by atoms with van der Waals surface area (Å²) < 4.78 is 28.3. The Kier molecular flexibility index (Phi) is 3.83. The van der Waals surface area contributed by atoms with Gasteiger partial charge in [0.15, 0.2) is 0 Å². The second-order valence-electron chi connectivity index (χ2n) is 6.38. The Labute approximate surface area is 136 Å². The van der Waals surface area contributed by atoms with E-state index in [-0.39, 0.29) is 6.04 Å². The SMILES string of the molecule is O=S(=O)(c1cccc2cnccc12)N1CCC2NCCCCC21. The van der Waals surface area contributed by atoms with Gasteiger partial charge in [-0.25, -0.2) is 8.42 Å². The van der Waals surface area contributed by atoms with Crippen molar-refractivity contribution in [3.8, 4) is 0 Å². The van der Waals surface area contributed by atoms with Crippen LogP contribution in [0.25, 0.3) is 10.8 Å². The van der Waals surface area contributed by atoms with Gasteiger partial charge in [-0.05, 0) is 37.9 Å². The van der Waals surface area contributed by atoms with Crippen LogP contribution in [-0.4, -0.2) is 42.9 Å². The monoisotopic (exact) mass is 331 g/mol. The van der Waals surface area contributed by atoms with Crippen LogP contribution in [0, 0.1) is 0 Å². The highest BCUT2D eigenvalue weighted by atomic mass is 32.2. The first-order valence-electron chi connectivity index (χ1n) is 8.26. The Bertz CT molecular complexity index is 816. The van der Waals surface area contributed by atoms with Crippen LogP contribution in [0.3, 0.4) is 0 Å². The van der Waals surface area contributed by atoms with E-state index in [1.807, 2.05) is 6.07 Å². The van der Waals surface area contributed by atoms with Gasteiger partial charge >= 0.3 is 0 Å². The molecule has 0 saturated carbocycles. The number of hydrogen-bond acceptors (Lipinski definition) is 4. The molecular weight excluding hydrogens is 310 g/mol. The molecule has 3 heterocycles. The first kappa shape index (κ1) is 15.1. The number of benzene rings is 1. The molecule has 2 aliphatic rings. The highest BCUT2D eigenvalue weighted by Crippen LogP contribution is 2.33. The minimum absolute atomic E-state index is 0.0830. The van der Waals surface area contributed by atoms with E-state index in [2.05, 4.69) is 10.3 Å². The van der Waals surface area contributed by atoms with Crippen LogP contribution < -0.4 is 5.32 Å². The van der Waals surface area contributed by atoms with Gasteiger partial charge in [0, 0.05) is 41.8 Å². The van der Waals surface area contributed by atoms with Crippen LogP contribution in [0.5, 0.6) is 0 Å². The molecule has 2 atom stereocenters. The quantitative estimate of drug-likeness (QED) is 0.916. The zero-order chi connectivity index (χ0) is 15.9. The summed E-state index contributed by atoms with van der Waals surface area (Å²) in [5.41, 5.74) is 0. The van der Waals surface area contributed by atoms with Gasteiger partial charge in [0.25, 0.3) is 0 Å². The molecule has 5 nitrogen and oxygen atoms in total. The Morgan fingerprint density at radius 3 is 3.00 bits per heavy atom. The summed E-state index contributed by atoms with van der Waals surface area (Å²) in [5, 5.41) is 5.14. The van der Waals surface area contributed by atoms with Gasteiger partial charge in [-0.3, -0.25) is 4.98 Å². The molecule has 0 aliphatic carbocycles. The van der Waals surface area contributed by atoms with Crippen LogP contribution in [0.1, 0.15) is 25.7 Å². The summed E-state index contributed by atoms with van der Waals surface area (Å²) in [6.07, 6.45) is 7.43. The van der Waals surface area contributed by atoms with Crippen molar-refractivity contribution in [2.45, 2.75) is 42.7 Å². The second kappa shape index (κ2) is 5.85. The van der Waals surface area contributed by atoms with Crippen LogP contribution in [0.2, 0.25) is 0 Å². The number of hydrogen-bond donors (Lipinski definition) is 1. The summed E-state index contributed by atoms with van der Waals surface area (Å²) in [6.45, 7) is 1.60. The Balaban J connectivity index is 1.77. The molecule has 122 valence electrons. The van der Waals surface area contributed by atoms with Gasteiger partial charge in [0.05, 0.1) is 4.90 Å². The molecule has 0 radical (unpaired) electrons. The Morgan fingerprint density at radius 2 is 2.09 bits per heavy atom. The van der Waals surface area contributed by atoms with Crippen LogP contribution in [0.15, 0.2) is 41.6 Å². The summed E-state index contributed by atoms with van der Waals surface area (Å²) >= 11 is 0. The average Bonchev–Trinajstić information content (AvgIpc) is 2.84. The van der Waals surface area contributed by atoms with Crippen molar-refractivity contribution in [3.63, 3.8) is 0 Å². The smallest absolute Gasteiger partial charge is 0.243 e. The molecule has 1 aromatic heterocycles. The van der Waals surface area contributed by atoms with E-state index < -0.39 is 10.0 Å². The van der Waals surface area contributed by atoms with Crippen molar-refractivity contribution in [1.29, 1.82) is 0 Å². The second-order valence-corrected chi connectivity index (χ2v) is 8.24. The normalized spacial score (nSPS) is 26.1. The van der Waals surface area contributed by atoms with E-state index in [1.54, 1.807) is 34.9 Å². The maximum atomic E-state index is 13.3. The molecule has 0 bridgehead atoms. The minimum atomic E-state index is -3.49. The molecule has 1 N–H and O–H groups in total. The third-order valence-corrected chi connectivity index (χ3v) is 7.04. The lowest BCUT2D eigenvalue weighted by Crippen LogP contribution is -2.43. The average molecular weight is 331 g/mol. The molecule has 2 saturated heterocycles. The van der Waals surface area contributed by atoms with Gasteiger partial charge in [0.2, 0.25) is 10.0 Å². The summed E-state index contributed by atoms with van der Waals surface area (Å²) in [6, 6.07) is 7.59. The molecule has 2 aromatic rings. The van der Waals surface area contributed by atoms with E-state index in [1.165, 1.54) is 0 Å². The van der Waals surface area contributed by atoms with E-state index in [9.17, 15) is 8.42 Å². The van der Waals surface area contributed by atoms with Gasteiger partial charge in [-0.15, -0.1) is 0 Å². The van der Waals surface area contributed by atoms with Crippen molar-refractivity contribution < 1.29 is 8.42 Å². The number of rotatable bonds is 2. The Morgan fingerprint density at radius 1 is 1.17 bits per heavy atom. The lowest BCUT2D eigenvalue weighted by atomic mass is 10.1. The topological polar surface area (TPSA) is 62.3 Å². The summed E-state index contributed by atoms with van der Waals surface area (Å²) in [7, 11) is -3.49. The van der Waals surface area contributed by atoms with Crippen molar-refractivity contribution in [2.75, 3.05) is 13.1 Å². The van der Waals surface area contributed by atoms with Crippen molar-refractivity contribution in [1.82, 2.24) is 14.6 Å². The zero-order valence-corrected chi connectivity index (χ0v) is 13.8. The van der Waals surface area contributed by atoms with Crippen molar-refractivity contribution in [3.05, 3.63) is 36.7 Å². The van der Waals surface area contributed by atoms with Crippen molar-refractivity contribution in [2.24, 2.45) is 0 Å². The standard InChI is InChI=1S/C17H21N3O2S/c21-23(22,17-6-3-4-13-12-18-10-7-14(13)17)20-11-8-15-16(20)5-1-2-9-19-15/h3-4,6-7,10,12,15-16,19H,1-2,5,8-9,11H2. The van der Waals surface area contributed by atoms with E-state index in [0.717, 1.165) is 43.0 Å². The van der Waals surface area contributed by atoms with Gasteiger partial charge in [0.1, 0.15) is 0 Å². The molecule has 2 fully saturated rings. The maximum Gasteiger partial charge on any atom is 0.243 e. The largest absolute Gasteiger partial charge is 0.312 e. The molecule has 0 amide bonds. The van der Waals surface area contributed by atoms with Crippen LogP contribution in [-0.2, 0) is 10.0 Å². The molecule has 1 aromatic carbocycles. The zero-order valence-electron chi connectivity index (χ0n) is 13.0. The first-order chi connectivity index (χ1) is 11.2. The number of fused-ring (bicyclic) bond motifs is 2. The predicted octanol–water partition coefficient (Wildman–Crippen LogP) is 2.14. The predicted molar refractivity (Wildman–Crippen MR) is 89.7 cm³/mol. The molecule has 2 aliphatic heterocycles. The highest BCUT2D eigenvalue weighted by molar-refractivity contribution is 7.89. The molecule has 4 rings (SSSR count). The fourth-order valence-electron chi connectivity index (χ4n) is 3.92. The highest BCUT2D eigenvalue weighted by Gasteiger charge is 2.42. The lowest BCUT2D eigenvalue weighted by molar-refractivity contribution is 0.344. The molecule has 2 unspecified atom stereocenters. The number of pyridine rings is 1. The van der Waals surface area contributed by atoms with Gasteiger partial charge in [-0.2, -0.15) is 4.31 Å². The molecule has 6 heteroatoms.